The van der Waals surface area contributed by atoms with Crippen LogP contribution in [0, 0.1) is 4.84 Å². The Morgan fingerprint density at radius 1 is 1.04 bits per heavy atom. The third-order valence-corrected chi connectivity index (χ3v) is 3.69. The van der Waals surface area contributed by atoms with Gasteiger partial charge >= 0.3 is 0 Å². The van der Waals surface area contributed by atoms with Gasteiger partial charge in [-0.2, -0.15) is 0 Å². The highest BCUT2D eigenvalue weighted by molar-refractivity contribution is 7.71. The molecule has 1 aromatic carbocycles. The summed E-state index contributed by atoms with van der Waals surface area (Å²) in [6, 6.07) is 11.9. The van der Waals surface area contributed by atoms with Crippen LogP contribution in [0.5, 0.6) is 0 Å². The van der Waals surface area contributed by atoms with Crippen LogP contribution in [0.1, 0.15) is 0 Å². The number of nitrogens with one attached hydrogen (secondary N) is 1. The van der Waals surface area contributed by atoms with Crippen LogP contribution in [0.2, 0.25) is 0 Å². The summed E-state index contributed by atoms with van der Waals surface area (Å²) in [5.74, 6) is 0.642. The molecule has 0 fully saturated rings. The molecule has 23 heavy (non-hydrogen) atoms. The zero-order chi connectivity index (χ0) is 15.8. The van der Waals surface area contributed by atoms with Crippen molar-refractivity contribution in [3.8, 4) is 22.6 Å². The van der Waals surface area contributed by atoms with Gasteiger partial charge in [-0.25, -0.2) is 10.1 Å². The molecule has 0 atom stereocenters. The van der Waals surface area contributed by atoms with Crippen molar-refractivity contribution in [3.63, 3.8) is 0 Å². The summed E-state index contributed by atoms with van der Waals surface area (Å²) in [5.41, 5.74) is 9.26. The lowest BCUT2D eigenvalue weighted by Gasteiger charge is -2.06. The van der Waals surface area contributed by atoms with E-state index in [1.54, 1.807) is 12.4 Å². The number of benzene rings is 1. The van der Waals surface area contributed by atoms with Gasteiger partial charge in [-0.3, -0.25) is 4.98 Å². The molecule has 112 valence electrons. The van der Waals surface area contributed by atoms with E-state index in [4.69, 9.17) is 22.4 Å². The van der Waals surface area contributed by atoms with E-state index < -0.39 is 0 Å². The molecule has 3 aromatic heterocycles. The molecule has 7 heteroatoms. The quantitative estimate of drug-likeness (QED) is 0.548. The standard InChI is InChI=1S/C16H11N5OS/c17-14-12(15-20-21-16(23)22-15)6-11(8-19-14)10-5-9-3-1-2-4-13(9)18-7-10/h1-8H,(H2,17,19)(H,21,23). The Hall–Kier alpha value is -3.06. The zero-order valence-electron chi connectivity index (χ0n) is 11.9. The summed E-state index contributed by atoms with van der Waals surface area (Å²) in [6.07, 6.45) is 3.51. The third-order valence-electron chi connectivity index (χ3n) is 3.51. The number of para-hydroxylation sites is 1. The number of aromatic nitrogens is 4. The molecule has 0 aliphatic carbocycles. The lowest BCUT2D eigenvalue weighted by Crippen LogP contribution is -1.95. The number of aromatic amines is 1. The van der Waals surface area contributed by atoms with Gasteiger partial charge in [0.1, 0.15) is 5.82 Å². The first-order valence-electron chi connectivity index (χ1n) is 6.87. The normalized spacial score (nSPS) is 11.0. The van der Waals surface area contributed by atoms with E-state index in [-0.39, 0.29) is 4.84 Å². The summed E-state index contributed by atoms with van der Waals surface area (Å²) >= 11 is 4.90. The largest absolute Gasteiger partial charge is 0.409 e. The van der Waals surface area contributed by atoms with Gasteiger partial charge in [0.25, 0.3) is 4.84 Å². The highest BCUT2D eigenvalue weighted by Gasteiger charge is 2.12. The molecule has 0 bridgehead atoms. The number of nitrogen functional groups attached to an aromatic ring is 1. The molecule has 0 spiro atoms. The second kappa shape index (κ2) is 5.29. The molecule has 0 aliphatic rings. The lowest BCUT2D eigenvalue weighted by atomic mass is 10.1. The van der Waals surface area contributed by atoms with Gasteiger partial charge in [-0.05, 0) is 30.4 Å². The summed E-state index contributed by atoms with van der Waals surface area (Å²) < 4.78 is 5.32. The average Bonchev–Trinajstić information content (AvgIpc) is 3.01. The number of pyridine rings is 2. The van der Waals surface area contributed by atoms with Gasteiger partial charge in [0.15, 0.2) is 0 Å². The molecular formula is C16H11N5OS. The van der Waals surface area contributed by atoms with Crippen LogP contribution in [0.15, 0.2) is 53.2 Å². The maximum atomic E-state index is 5.92. The number of H-pyrrole nitrogens is 1. The van der Waals surface area contributed by atoms with Crippen LogP contribution in [0.25, 0.3) is 33.5 Å². The molecule has 6 nitrogen and oxygen atoms in total. The first-order chi connectivity index (χ1) is 11.2. The molecule has 0 radical (unpaired) electrons. The molecule has 0 unspecified atom stereocenters. The number of anilines is 1. The Kier molecular flexibility index (Phi) is 3.13. The fourth-order valence-electron chi connectivity index (χ4n) is 2.38. The number of hydrogen-bond acceptors (Lipinski definition) is 6. The van der Waals surface area contributed by atoms with Gasteiger partial charge in [0, 0.05) is 28.9 Å². The molecular weight excluding hydrogens is 310 g/mol. The van der Waals surface area contributed by atoms with Crippen molar-refractivity contribution in [2.75, 3.05) is 5.73 Å². The number of fused-ring (bicyclic) bond motifs is 1. The van der Waals surface area contributed by atoms with Crippen LogP contribution in [-0.4, -0.2) is 20.2 Å². The summed E-state index contributed by atoms with van der Waals surface area (Å²) in [5, 5.41) is 7.64. The minimum Gasteiger partial charge on any atom is -0.409 e. The van der Waals surface area contributed by atoms with Crippen molar-refractivity contribution in [1.82, 2.24) is 20.2 Å². The summed E-state index contributed by atoms with van der Waals surface area (Å²) in [7, 11) is 0. The van der Waals surface area contributed by atoms with Crippen molar-refractivity contribution in [2.24, 2.45) is 0 Å². The van der Waals surface area contributed by atoms with Crippen molar-refractivity contribution >= 4 is 28.9 Å². The van der Waals surface area contributed by atoms with Crippen molar-refractivity contribution in [2.45, 2.75) is 0 Å². The Balaban J connectivity index is 1.86. The second-order valence-corrected chi connectivity index (χ2v) is 5.36. The van der Waals surface area contributed by atoms with E-state index in [0.717, 1.165) is 22.0 Å². The van der Waals surface area contributed by atoms with Crippen LogP contribution in [0.3, 0.4) is 0 Å². The van der Waals surface area contributed by atoms with Crippen molar-refractivity contribution < 1.29 is 4.42 Å². The van der Waals surface area contributed by atoms with Crippen LogP contribution >= 0.6 is 12.2 Å². The number of nitrogens with zero attached hydrogens (tertiary/aromatic N) is 3. The van der Waals surface area contributed by atoms with E-state index in [1.807, 2.05) is 30.3 Å². The van der Waals surface area contributed by atoms with E-state index in [2.05, 4.69) is 26.2 Å². The lowest BCUT2D eigenvalue weighted by molar-refractivity contribution is 0.552. The first kappa shape index (κ1) is 13.6. The van der Waals surface area contributed by atoms with Gasteiger partial charge in [-0.1, -0.05) is 18.2 Å². The zero-order valence-corrected chi connectivity index (χ0v) is 12.7. The molecule has 0 saturated carbocycles. The molecule has 4 aromatic rings. The Labute approximate surface area is 136 Å². The Bertz CT molecular complexity index is 1070. The minimum atomic E-state index is 0.192. The van der Waals surface area contributed by atoms with Crippen LogP contribution in [-0.2, 0) is 0 Å². The minimum absolute atomic E-state index is 0.192. The predicted molar refractivity (Wildman–Crippen MR) is 90.1 cm³/mol. The number of hydrogen-bond donors (Lipinski definition) is 2. The summed E-state index contributed by atoms with van der Waals surface area (Å²) in [6.45, 7) is 0. The maximum Gasteiger partial charge on any atom is 0.284 e. The van der Waals surface area contributed by atoms with E-state index in [9.17, 15) is 0 Å². The Morgan fingerprint density at radius 2 is 1.83 bits per heavy atom. The van der Waals surface area contributed by atoms with Gasteiger partial charge in [0.05, 0.1) is 11.1 Å². The topological polar surface area (TPSA) is 93.6 Å². The van der Waals surface area contributed by atoms with E-state index >= 15 is 0 Å². The molecule has 0 saturated heterocycles. The van der Waals surface area contributed by atoms with Gasteiger partial charge < -0.3 is 10.2 Å². The fraction of sp³-hybridized carbons (Fsp3) is 0. The van der Waals surface area contributed by atoms with Crippen molar-refractivity contribution in [3.05, 3.63) is 53.6 Å². The predicted octanol–water partition coefficient (Wildman–Crippen LogP) is 3.59. The van der Waals surface area contributed by atoms with Gasteiger partial charge in [0.2, 0.25) is 5.89 Å². The van der Waals surface area contributed by atoms with E-state index in [0.29, 0.717) is 17.3 Å². The van der Waals surface area contributed by atoms with Crippen LogP contribution in [0.4, 0.5) is 5.82 Å². The average molecular weight is 321 g/mol. The highest BCUT2D eigenvalue weighted by atomic mass is 32.1. The Morgan fingerprint density at radius 3 is 2.65 bits per heavy atom. The molecule has 0 amide bonds. The smallest absolute Gasteiger partial charge is 0.284 e. The highest BCUT2D eigenvalue weighted by Crippen LogP contribution is 2.29. The second-order valence-electron chi connectivity index (χ2n) is 4.99. The molecule has 0 aliphatic heterocycles. The number of nitrogens with two attached hydrogens (primary N) is 1. The fourth-order valence-corrected chi connectivity index (χ4v) is 2.50. The summed E-state index contributed by atoms with van der Waals surface area (Å²) in [4.78, 5) is 8.88. The molecule has 3 heterocycles. The SMILES string of the molecule is Nc1ncc(-c2cnc3ccccc3c2)cc1-c1n[nH]c(=S)o1. The monoisotopic (exact) mass is 321 g/mol. The van der Waals surface area contributed by atoms with Crippen LogP contribution < -0.4 is 5.73 Å². The molecule has 3 N–H and O–H groups in total. The number of rotatable bonds is 2. The van der Waals surface area contributed by atoms with Gasteiger partial charge in [-0.15, -0.1) is 5.10 Å². The maximum absolute atomic E-state index is 5.92. The first-order valence-corrected chi connectivity index (χ1v) is 7.28. The van der Waals surface area contributed by atoms with Crippen molar-refractivity contribution in [1.29, 1.82) is 0 Å². The third kappa shape index (κ3) is 2.47. The molecule has 4 rings (SSSR count). The van der Waals surface area contributed by atoms with E-state index in [1.165, 1.54) is 0 Å².